The van der Waals surface area contributed by atoms with Crippen LogP contribution in [0.25, 0.3) is 0 Å². The molecule has 0 unspecified atom stereocenters. The van der Waals surface area contributed by atoms with E-state index in [1.54, 1.807) is 42.0 Å². The third kappa shape index (κ3) is 2.91. The van der Waals surface area contributed by atoms with Gasteiger partial charge >= 0.3 is 5.97 Å². The Morgan fingerprint density at radius 2 is 2.08 bits per heavy atom. The fourth-order valence-electron chi connectivity index (χ4n) is 2.84. The molecule has 1 aromatic carbocycles. The summed E-state index contributed by atoms with van der Waals surface area (Å²) in [5.74, 6) is -0.284. The molecule has 2 aromatic heterocycles. The van der Waals surface area contributed by atoms with Gasteiger partial charge in [-0.1, -0.05) is 17.8 Å². The van der Waals surface area contributed by atoms with Crippen molar-refractivity contribution in [3.05, 3.63) is 54.4 Å². The van der Waals surface area contributed by atoms with Crippen LogP contribution in [0.3, 0.4) is 0 Å². The summed E-state index contributed by atoms with van der Waals surface area (Å²) in [6.07, 6.45) is 6.47. The van der Waals surface area contributed by atoms with E-state index >= 15 is 0 Å². The third-order valence-corrected chi connectivity index (χ3v) is 4.99. The predicted octanol–water partition coefficient (Wildman–Crippen LogP) is 2.63. The minimum Gasteiger partial charge on any atom is -0.475 e. The molecule has 1 aliphatic rings. The molecule has 0 saturated heterocycles. The molecule has 3 aromatic rings. The predicted molar refractivity (Wildman–Crippen MR) is 94.9 cm³/mol. The Bertz CT molecular complexity index is 975. The van der Waals surface area contributed by atoms with Crippen molar-refractivity contribution in [3.8, 4) is 0 Å². The van der Waals surface area contributed by atoms with Gasteiger partial charge in [0.05, 0.1) is 5.69 Å². The topological polar surface area (TPSA) is 93.4 Å². The molecular weight excluding hydrogens is 354 g/mol. The highest BCUT2D eigenvalue weighted by atomic mass is 32.2. The van der Waals surface area contributed by atoms with Crippen molar-refractivity contribution in [1.29, 1.82) is 0 Å². The molecule has 0 fully saturated rings. The lowest BCUT2D eigenvalue weighted by molar-refractivity contribution is 0.0679. The zero-order valence-electron chi connectivity index (χ0n) is 13.9. The number of carboxylic acids is 1. The van der Waals surface area contributed by atoms with Crippen molar-refractivity contribution in [2.75, 3.05) is 18.7 Å². The summed E-state index contributed by atoms with van der Waals surface area (Å²) >= 11 is 1.55. The number of aromatic nitrogens is 4. The number of nitrogens with zero attached hydrogens (tertiary/aromatic N) is 5. The van der Waals surface area contributed by atoms with Crippen LogP contribution in [-0.4, -0.2) is 44.4 Å². The first-order valence-corrected chi connectivity index (χ1v) is 8.61. The second kappa shape index (κ2) is 6.77. The summed E-state index contributed by atoms with van der Waals surface area (Å²) in [4.78, 5) is 27.0. The molecule has 0 aliphatic carbocycles. The van der Waals surface area contributed by atoms with Crippen LogP contribution in [0.1, 0.15) is 16.2 Å². The molecule has 1 aliphatic heterocycles. The SMILES string of the molecule is COCN1c2cc(Cn3ccnc3C(=O)O)ccc2Sc2nccnc21. The van der Waals surface area contributed by atoms with Crippen LogP contribution < -0.4 is 4.90 Å². The van der Waals surface area contributed by atoms with Crippen LogP contribution in [0.4, 0.5) is 11.5 Å². The van der Waals surface area contributed by atoms with Gasteiger partial charge in [-0.3, -0.25) is 4.90 Å². The van der Waals surface area contributed by atoms with E-state index in [-0.39, 0.29) is 5.82 Å². The van der Waals surface area contributed by atoms with Crippen LogP contribution >= 0.6 is 11.8 Å². The van der Waals surface area contributed by atoms with E-state index in [0.29, 0.717) is 13.3 Å². The van der Waals surface area contributed by atoms with Gasteiger partial charge in [0.1, 0.15) is 11.8 Å². The monoisotopic (exact) mass is 369 g/mol. The number of hydrogen-bond donors (Lipinski definition) is 1. The fourth-order valence-corrected chi connectivity index (χ4v) is 3.83. The maximum atomic E-state index is 11.3. The largest absolute Gasteiger partial charge is 0.475 e. The second-order valence-electron chi connectivity index (χ2n) is 5.62. The van der Waals surface area contributed by atoms with Crippen molar-refractivity contribution in [3.63, 3.8) is 0 Å². The quantitative estimate of drug-likeness (QED) is 0.734. The fraction of sp³-hybridized carbons (Fsp3) is 0.176. The molecule has 26 heavy (non-hydrogen) atoms. The highest BCUT2D eigenvalue weighted by molar-refractivity contribution is 7.99. The van der Waals surface area contributed by atoms with E-state index in [2.05, 4.69) is 15.0 Å². The standard InChI is InChI=1S/C17H15N5O3S/c1-25-10-22-12-8-11(9-21-7-6-19-15(21)17(23)24)2-3-13(12)26-16-14(22)18-4-5-20-16/h2-8H,9-10H2,1H3,(H,23,24). The highest BCUT2D eigenvalue weighted by Gasteiger charge is 2.26. The minimum absolute atomic E-state index is 0.0158. The molecule has 0 saturated carbocycles. The van der Waals surface area contributed by atoms with Gasteiger partial charge < -0.3 is 14.4 Å². The molecule has 3 heterocycles. The van der Waals surface area contributed by atoms with E-state index in [0.717, 1.165) is 27.0 Å². The smallest absolute Gasteiger partial charge is 0.372 e. The van der Waals surface area contributed by atoms with Crippen LogP contribution in [-0.2, 0) is 11.3 Å². The molecule has 132 valence electrons. The highest BCUT2D eigenvalue weighted by Crippen LogP contribution is 2.46. The maximum absolute atomic E-state index is 11.3. The number of fused-ring (bicyclic) bond motifs is 2. The van der Waals surface area contributed by atoms with Gasteiger partial charge in [-0.25, -0.2) is 19.7 Å². The van der Waals surface area contributed by atoms with E-state index in [9.17, 15) is 9.90 Å². The molecule has 0 amide bonds. The van der Waals surface area contributed by atoms with Gasteiger partial charge in [-0.2, -0.15) is 0 Å². The molecule has 1 N–H and O–H groups in total. The van der Waals surface area contributed by atoms with E-state index in [1.165, 1.54) is 6.20 Å². The molecule has 0 spiro atoms. The second-order valence-corrected chi connectivity index (χ2v) is 6.65. The number of hydrogen-bond acceptors (Lipinski definition) is 7. The average Bonchev–Trinajstić information content (AvgIpc) is 3.10. The first kappa shape index (κ1) is 16.6. The normalized spacial score (nSPS) is 12.6. The molecular formula is C17H15N5O3S. The van der Waals surface area contributed by atoms with Crippen molar-refractivity contribution in [2.24, 2.45) is 0 Å². The van der Waals surface area contributed by atoms with Gasteiger partial charge in [0, 0.05) is 43.3 Å². The van der Waals surface area contributed by atoms with Gasteiger partial charge in [0.2, 0.25) is 5.82 Å². The summed E-state index contributed by atoms with van der Waals surface area (Å²) in [5, 5.41) is 10.0. The lowest BCUT2D eigenvalue weighted by Gasteiger charge is -2.30. The first-order valence-electron chi connectivity index (χ1n) is 7.80. The van der Waals surface area contributed by atoms with Crippen molar-refractivity contribution >= 4 is 29.2 Å². The first-order chi connectivity index (χ1) is 12.7. The number of imidazole rings is 1. The summed E-state index contributed by atoms with van der Waals surface area (Å²) in [6, 6.07) is 6.00. The van der Waals surface area contributed by atoms with Crippen molar-refractivity contribution in [2.45, 2.75) is 16.5 Å². The third-order valence-electron chi connectivity index (χ3n) is 3.94. The number of aromatic carboxylic acids is 1. The molecule has 0 atom stereocenters. The van der Waals surface area contributed by atoms with Crippen LogP contribution in [0.5, 0.6) is 0 Å². The van der Waals surface area contributed by atoms with Gasteiger partial charge in [0.25, 0.3) is 0 Å². The average molecular weight is 369 g/mol. The zero-order valence-corrected chi connectivity index (χ0v) is 14.7. The van der Waals surface area contributed by atoms with Gasteiger partial charge in [0.15, 0.2) is 5.82 Å². The number of benzene rings is 1. The summed E-state index contributed by atoms with van der Waals surface area (Å²) in [7, 11) is 1.63. The Labute approximate surface area is 153 Å². The zero-order chi connectivity index (χ0) is 18.1. The lowest BCUT2D eigenvalue weighted by atomic mass is 10.1. The van der Waals surface area contributed by atoms with Crippen molar-refractivity contribution in [1.82, 2.24) is 19.5 Å². The molecule has 9 heteroatoms. The Balaban J connectivity index is 1.71. The Kier molecular flexibility index (Phi) is 4.31. The number of carbonyl (C=O) groups is 1. The maximum Gasteiger partial charge on any atom is 0.372 e. The van der Waals surface area contributed by atoms with Crippen LogP contribution in [0.2, 0.25) is 0 Å². The van der Waals surface area contributed by atoms with Gasteiger partial charge in [-0.15, -0.1) is 0 Å². The lowest BCUT2D eigenvalue weighted by Crippen LogP contribution is -2.24. The summed E-state index contributed by atoms with van der Waals surface area (Å²) in [6.45, 7) is 0.752. The number of methoxy groups -OCH3 is 1. The molecule has 0 bridgehead atoms. The summed E-state index contributed by atoms with van der Waals surface area (Å²) in [5.41, 5.74) is 1.91. The van der Waals surface area contributed by atoms with Gasteiger partial charge in [-0.05, 0) is 17.7 Å². The number of carboxylic acid groups (broad SMARTS) is 1. The number of anilines is 2. The van der Waals surface area contributed by atoms with Crippen molar-refractivity contribution < 1.29 is 14.6 Å². The number of ether oxygens (including phenoxy) is 1. The summed E-state index contributed by atoms with van der Waals surface area (Å²) < 4.78 is 6.95. The Morgan fingerprint density at radius 1 is 1.23 bits per heavy atom. The van der Waals surface area contributed by atoms with E-state index in [1.807, 2.05) is 23.1 Å². The number of rotatable bonds is 5. The molecule has 8 nitrogen and oxygen atoms in total. The Morgan fingerprint density at radius 3 is 2.88 bits per heavy atom. The van der Waals surface area contributed by atoms with Crippen LogP contribution in [0, 0.1) is 0 Å². The molecule has 0 radical (unpaired) electrons. The minimum atomic E-state index is -1.05. The molecule has 4 rings (SSSR count). The Hall–Kier alpha value is -2.91. The van der Waals surface area contributed by atoms with Crippen LogP contribution in [0.15, 0.2) is 52.9 Å². The van der Waals surface area contributed by atoms with E-state index < -0.39 is 5.97 Å². The van der Waals surface area contributed by atoms with E-state index in [4.69, 9.17) is 4.74 Å².